The largest absolute Gasteiger partial charge is 0.481 e. The van der Waals surface area contributed by atoms with Gasteiger partial charge in [0.15, 0.2) is 0 Å². The van der Waals surface area contributed by atoms with Crippen molar-refractivity contribution in [2.24, 2.45) is 0 Å². The zero-order valence-corrected chi connectivity index (χ0v) is 12.8. The molecule has 1 aromatic heterocycles. The van der Waals surface area contributed by atoms with E-state index in [0.717, 1.165) is 13.0 Å². The van der Waals surface area contributed by atoms with Gasteiger partial charge in [0.05, 0.1) is 20.3 Å². The van der Waals surface area contributed by atoms with Crippen LogP contribution in [0.1, 0.15) is 17.2 Å². The van der Waals surface area contributed by atoms with Crippen molar-refractivity contribution in [2.75, 3.05) is 32.6 Å². The van der Waals surface area contributed by atoms with Gasteiger partial charge >= 0.3 is 0 Å². The van der Waals surface area contributed by atoms with E-state index in [-0.39, 0.29) is 6.04 Å². The number of hydrogen-bond acceptors (Lipinski definition) is 6. The molecule has 0 spiro atoms. The highest BCUT2D eigenvalue weighted by Gasteiger charge is 2.19. The first kappa shape index (κ1) is 14.6. The summed E-state index contributed by atoms with van der Waals surface area (Å²) in [6.45, 7) is 1.68. The third kappa shape index (κ3) is 3.12. The van der Waals surface area contributed by atoms with E-state index < -0.39 is 0 Å². The molecule has 6 heteroatoms. The number of aromatic nitrogens is 2. The smallest absolute Gasteiger partial charge is 0.229 e. The van der Waals surface area contributed by atoms with Crippen LogP contribution in [-0.4, -0.2) is 37.3 Å². The molecule has 0 radical (unpaired) electrons. The summed E-state index contributed by atoms with van der Waals surface area (Å²) in [6.07, 6.45) is 1.07. The van der Waals surface area contributed by atoms with E-state index >= 15 is 0 Å². The first-order chi connectivity index (χ1) is 10.8. The summed E-state index contributed by atoms with van der Waals surface area (Å²) in [7, 11) is 3.15. The van der Waals surface area contributed by atoms with Crippen LogP contribution in [0.5, 0.6) is 11.8 Å². The number of benzene rings is 1. The number of ether oxygens (including phenoxy) is 2. The van der Waals surface area contributed by atoms with Crippen molar-refractivity contribution in [3.05, 3.63) is 41.5 Å². The third-order valence-corrected chi connectivity index (χ3v) is 3.78. The zero-order valence-electron chi connectivity index (χ0n) is 12.8. The Balaban J connectivity index is 1.73. The monoisotopic (exact) mass is 300 g/mol. The molecule has 1 unspecified atom stereocenters. The SMILES string of the molecule is COc1cc(OC)nc(NCC2NCCc3ccccc32)n1. The van der Waals surface area contributed by atoms with Crippen LogP contribution in [0.3, 0.4) is 0 Å². The molecule has 1 aliphatic rings. The maximum Gasteiger partial charge on any atom is 0.229 e. The fourth-order valence-corrected chi connectivity index (χ4v) is 2.66. The van der Waals surface area contributed by atoms with Crippen LogP contribution in [0.25, 0.3) is 0 Å². The van der Waals surface area contributed by atoms with Crippen molar-refractivity contribution in [3.63, 3.8) is 0 Å². The Morgan fingerprint density at radius 2 is 1.91 bits per heavy atom. The third-order valence-electron chi connectivity index (χ3n) is 3.78. The summed E-state index contributed by atoms with van der Waals surface area (Å²) in [5.41, 5.74) is 2.73. The molecule has 0 fully saturated rings. The Kier molecular flexibility index (Phi) is 4.39. The lowest BCUT2D eigenvalue weighted by Gasteiger charge is -2.27. The molecule has 0 amide bonds. The lowest BCUT2D eigenvalue weighted by molar-refractivity contribution is 0.372. The second-order valence-electron chi connectivity index (χ2n) is 5.11. The first-order valence-corrected chi connectivity index (χ1v) is 7.32. The van der Waals surface area contributed by atoms with Crippen LogP contribution >= 0.6 is 0 Å². The fourth-order valence-electron chi connectivity index (χ4n) is 2.66. The van der Waals surface area contributed by atoms with Gasteiger partial charge in [-0.3, -0.25) is 0 Å². The lowest BCUT2D eigenvalue weighted by Crippen LogP contribution is -2.34. The quantitative estimate of drug-likeness (QED) is 0.877. The van der Waals surface area contributed by atoms with Crippen molar-refractivity contribution in [3.8, 4) is 11.8 Å². The van der Waals surface area contributed by atoms with Gasteiger partial charge in [-0.25, -0.2) is 0 Å². The summed E-state index contributed by atoms with van der Waals surface area (Å²) in [5, 5.41) is 6.78. The van der Waals surface area contributed by atoms with Crippen LogP contribution in [0, 0.1) is 0 Å². The Hall–Kier alpha value is -2.34. The average Bonchev–Trinajstić information content (AvgIpc) is 2.59. The maximum absolute atomic E-state index is 5.16. The van der Waals surface area contributed by atoms with Crippen LogP contribution in [0.4, 0.5) is 5.95 Å². The fraction of sp³-hybridized carbons (Fsp3) is 0.375. The molecule has 1 atom stereocenters. The summed E-state index contributed by atoms with van der Waals surface area (Å²) < 4.78 is 10.3. The number of nitrogens with zero attached hydrogens (tertiary/aromatic N) is 2. The normalized spacial score (nSPS) is 16.7. The Morgan fingerprint density at radius 1 is 1.18 bits per heavy atom. The van der Waals surface area contributed by atoms with Crippen molar-refractivity contribution < 1.29 is 9.47 Å². The topological polar surface area (TPSA) is 68.3 Å². The highest BCUT2D eigenvalue weighted by Crippen LogP contribution is 2.23. The summed E-state index contributed by atoms with van der Waals surface area (Å²) >= 11 is 0. The standard InChI is InChI=1S/C16H20N4O2/c1-21-14-9-15(22-2)20-16(19-14)18-10-13-12-6-4-3-5-11(12)7-8-17-13/h3-6,9,13,17H,7-8,10H2,1-2H3,(H,18,19,20). The van der Waals surface area contributed by atoms with Crippen molar-refractivity contribution in [2.45, 2.75) is 12.5 Å². The molecule has 2 heterocycles. The van der Waals surface area contributed by atoms with Gasteiger partial charge in [-0.15, -0.1) is 0 Å². The van der Waals surface area contributed by atoms with Gasteiger partial charge in [0.1, 0.15) is 0 Å². The van der Waals surface area contributed by atoms with Gasteiger partial charge in [-0.2, -0.15) is 9.97 Å². The number of methoxy groups -OCH3 is 2. The van der Waals surface area contributed by atoms with Crippen molar-refractivity contribution in [1.29, 1.82) is 0 Å². The van der Waals surface area contributed by atoms with Crippen LogP contribution in [0.2, 0.25) is 0 Å². The molecule has 2 aromatic rings. The Morgan fingerprint density at radius 3 is 2.64 bits per heavy atom. The zero-order chi connectivity index (χ0) is 15.4. The molecule has 0 saturated heterocycles. The maximum atomic E-state index is 5.16. The molecule has 116 valence electrons. The summed E-state index contributed by atoms with van der Waals surface area (Å²) in [4.78, 5) is 8.58. The van der Waals surface area contributed by atoms with E-state index in [1.165, 1.54) is 11.1 Å². The summed E-state index contributed by atoms with van der Waals surface area (Å²) in [6, 6.07) is 10.4. The molecule has 2 N–H and O–H groups in total. The number of anilines is 1. The van der Waals surface area contributed by atoms with Crippen LogP contribution in [-0.2, 0) is 6.42 Å². The Bertz CT molecular complexity index is 626. The van der Waals surface area contributed by atoms with Crippen LogP contribution < -0.4 is 20.1 Å². The number of nitrogens with one attached hydrogen (secondary N) is 2. The molecule has 3 rings (SSSR count). The highest BCUT2D eigenvalue weighted by molar-refractivity contribution is 5.37. The molecule has 6 nitrogen and oxygen atoms in total. The molecule has 0 bridgehead atoms. The van der Waals surface area contributed by atoms with Crippen LogP contribution in [0.15, 0.2) is 30.3 Å². The molecule has 0 saturated carbocycles. The lowest BCUT2D eigenvalue weighted by atomic mass is 9.94. The second-order valence-corrected chi connectivity index (χ2v) is 5.11. The second kappa shape index (κ2) is 6.62. The Labute approximate surface area is 129 Å². The number of hydrogen-bond donors (Lipinski definition) is 2. The van der Waals surface area contributed by atoms with Crippen molar-refractivity contribution >= 4 is 5.95 Å². The van der Waals surface area contributed by atoms with E-state index in [1.807, 2.05) is 0 Å². The van der Waals surface area contributed by atoms with Gasteiger partial charge < -0.3 is 20.1 Å². The van der Waals surface area contributed by atoms with E-state index in [2.05, 4.69) is 44.9 Å². The van der Waals surface area contributed by atoms with Crippen molar-refractivity contribution in [1.82, 2.24) is 15.3 Å². The molecule has 1 aromatic carbocycles. The highest BCUT2D eigenvalue weighted by atomic mass is 16.5. The van der Waals surface area contributed by atoms with Gasteiger partial charge in [-0.05, 0) is 24.1 Å². The molecular weight excluding hydrogens is 280 g/mol. The van der Waals surface area contributed by atoms with E-state index in [1.54, 1.807) is 20.3 Å². The van der Waals surface area contributed by atoms with E-state index in [9.17, 15) is 0 Å². The molecule has 1 aliphatic heterocycles. The molecule has 0 aliphatic carbocycles. The molecular formula is C16H20N4O2. The molecule has 22 heavy (non-hydrogen) atoms. The van der Waals surface area contributed by atoms with Gasteiger partial charge in [-0.1, -0.05) is 24.3 Å². The predicted molar refractivity (Wildman–Crippen MR) is 84.5 cm³/mol. The van der Waals surface area contributed by atoms with Gasteiger partial charge in [0, 0.05) is 12.6 Å². The van der Waals surface area contributed by atoms with Gasteiger partial charge in [0.25, 0.3) is 0 Å². The first-order valence-electron chi connectivity index (χ1n) is 7.32. The minimum Gasteiger partial charge on any atom is -0.481 e. The van der Waals surface area contributed by atoms with E-state index in [4.69, 9.17) is 9.47 Å². The predicted octanol–water partition coefficient (Wildman–Crippen LogP) is 1.79. The average molecular weight is 300 g/mol. The van der Waals surface area contributed by atoms with Gasteiger partial charge in [0.2, 0.25) is 17.7 Å². The van der Waals surface area contributed by atoms with E-state index in [0.29, 0.717) is 24.3 Å². The summed E-state index contributed by atoms with van der Waals surface area (Å²) in [5.74, 6) is 1.46. The minimum atomic E-state index is 0.241. The number of rotatable bonds is 5. The minimum absolute atomic E-state index is 0.241. The number of fused-ring (bicyclic) bond motifs is 1.